The molecule has 0 aliphatic heterocycles. The van der Waals surface area contributed by atoms with Gasteiger partial charge in [0.1, 0.15) is 12.1 Å². The van der Waals surface area contributed by atoms with E-state index >= 15 is 0 Å². The van der Waals surface area contributed by atoms with Crippen molar-refractivity contribution >= 4 is 23.5 Å². The summed E-state index contributed by atoms with van der Waals surface area (Å²) in [7, 11) is 1.93. The van der Waals surface area contributed by atoms with Crippen LogP contribution >= 0.6 is 23.5 Å². The van der Waals surface area contributed by atoms with E-state index in [9.17, 15) is 0 Å². The molecule has 0 unspecified atom stereocenters. The van der Waals surface area contributed by atoms with Gasteiger partial charge in [-0.3, -0.25) is 0 Å². The first-order valence-corrected chi connectivity index (χ1v) is 7.74. The summed E-state index contributed by atoms with van der Waals surface area (Å²) >= 11 is 3.37. The van der Waals surface area contributed by atoms with Crippen molar-refractivity contribution in [1.29, 1.82) is 0 Å². The van der Waals surface area contributed by atoms with E-state index in [4.69, 9.17) is 4.74 Å². The Balaban J connectivity index is 1.73. The topological polar surface area (TPSA) is 39.9 Å². The quantitative estimate of drug-likeness (QED) is 0.601. The fourth-order valence-electron chi connectivity index (χ4n) is 1.37. The summed E-state index contributed by atoms with van der Waals surface area (Å²) in [5.74, 6) is 1.77. The third kappa shape index (κ3) is 3.68. The summed E-state index contributed by atoms with van der Waals surface area (Å²) in [5.41, 5.74) is 0. The van der Waals surface area contributed by atoms with Gasteiger partial charge in [-0.2, -0.15) is 0 Å². The van der Waals surface area contributed by atoms with E-state index in [1.807, 2.05) is 23.7 Å². The molecule has 0 fully saturated rings. The molecule has 4 nitrogen and oxygen atoms in total. The summed E-state index contributed by atoms with van der Waals surface area (Å²) in [6.07, 6.45) is 3.76. The van der Waals surface area contributed by atoms with Crippen molar-refractivity contribution in [1.82, 2.24) is 14.8 Å². The molecular weight excluding hydrogens is 266 g/mol. The zero-order chi connectivity index (χ0) is 12.8. The molecule has 2 rings (SSSR count). The lowest BCUT2D eigenvalue weighted by molar-refractivity contribution is 0.343. The second-order valence-electron chi connectivity index (χ2n) is 3.60. The van der Waals surface area contributed by atoms with Gasteiger partial charge >= 0.3 is 0 Å². The minimum atomic E-state index is 0.663. The van der Waals surface area contributed by atoms with E-state index in [2.05, 4.69) is 28.6 Å². The third-order valence-electron chi connectivity index (χ3n) is 2.31. The Bertz CT molecular complexity index is 484. The number of rotatable bonds is 6. The van der Waals surface area contributed by atoms with Crippen LogP contribution in [0.2, 0.25) is 0 Å². The molecule has 0 amide bonds. The highest BCUT2D eigenvalue weighted by Gasteiger charge is 2.01. The molecule has 0 N–H and O–H groups in total. The van der Waals surface area contributed by atoms with Crippen molar-refractivity contribution in [3.63, 3.8) is 0 Å². The summed E-state index contributed by atoms with van der Waals surface area (Å²) in [5, 5.41) is 8.74. The molecule has 2 aromatic rings. The molecule has 0 aliphatic carbocycles. The van der Waals surface area contributed by atoms with Gasteiger partial charge in [0, 0.05) is 17.7 Å². The van der Waals surface area contributed by atoms with Gasteiger partial charge < -0.3 is 9.30 Å². The number of aromatic nitrogens is 3. The molecule has 0 aliphatic rings. The van der Waals surface area contributed by atoms with Crippen LogP contribution in [0.4, 0.5) is 0 Å². The van der Waals surface area contributed by atoms with Crippen molar-refractivity contribution in [2.45, 2.75) is 10.1 Å². The van der Waals surface area contributed by atoms with Crippen LogP contribution in [0.3, 0.4) is 0 Å². The lowest BCUT2D eigenvalue weighted by Gasteiger charge is -2.06. The minimum absolute atomic E-state index is 0.663. The molecule has 96 valence electrons. The second-order valence-corrected chi connectivity index (χ2v) is 5.54. The lowest BCUT2D eigenvalue weighted by atomic mass is 10.3. The monoisotopic (exact) mass is 281 g/mol. The summed E-state index contributed by atoms with van der Waals surface area (Å²) in [4.78, 5) is 1.25. The van der Waals surface area contributed by atoms with Crippen LogP contribution < -0.4 is 4.74 Å². The summed E-state index contributed by atoms with van der Waals surface area (Å²) in [6.45, 7) is 0.663. The van der Waals surface area contributed by atoms with Crippen LogP contribution in [0.1, 0.15) is 0 Å². The van der Waals surface area contributed by atoms with Crippen molar-refractivity contribution in [3.8, 4) is 5.75 Å². The van der Waals surface area contributed by atoms with Gasteiger partial charge in [-0.25, -0.2) is 0 Å². The molecule has 0 bridgehead atoms. The molecule has 1 heterocycles. The molecule has 18 heavy (non-hydrogen) atoms. The van der Waals surface area contributed by atoms with Crippen molar-refractivity contribution in [2.24, 2.45) is 7.05 Å². The van der Waals surface area contributed by atoms with Crippen LogP contribution in [0.25, 0.3) is 0 Å². The second kappa shape index (κ2) is 6.70. The van der Waals surface area contributed by atoms with Crippen molar-refractivity contribution < 1.29 is 4.74 Å². The zero-order valence-electron chi connectivity index (χ0n) is 10.4. The van der Waals surface area contributed by atoms with Crippen LogP contribution in [-0.4, -0.2) is 33.4 Å². The van der Waals surface area contributed by atoms with Gasteiger partial charge in [0.2, 0.25) is 0 Å². The first-order chi connectivity index (χ1) is 8.79. The Hall–Kier alpha value is -1.14. The molecular formula is C12H15N3OS2. The lowest BCUT2D eigenvalue weighted by Crippen LogP contribution is -2.01. The Morgan fingerprint density at radius 2 is 2.06 bits per heavy atom. The van der Waals surface area contributed by atoms with Gasteiger partial charge in [-0.05, 0) is 30.5 Å². The maximum absolute atomic E-state index is 5.66. The van der Waals surface area contributed by atoms with Gasteiger partial charge in [-0.1, -0.05) is 11.8 Å². The Morgan fingerprint density at radius 3 is 2.67 bits per heavy atom. The molecule has 1 aromatic heterocycles. The maximum atomic E-state index is 5.66. The van der Waals surface area contributed by atoms with Crippen LogP contribution in [-0.2, 0) is 7.05 Å². The standard InChI is InChI=1S/C12H15N3OS2/c1-15-9-13-14-12(15)18-8-7-16-10-3-5-11(17-2)6-4-10/h3-6,9H,7-8H2,1-2H3. The fourth-order valence-corrected chi connectivity index (χ4v) is 2.48. The SMILES string of the molecule is CSc1ccc(OCCSc2nncn2C)cc1. The average Bonchev–Trinajstić information content (AvgIpc) is 2.81. The number of hydrogen-bond acceptors (Lipinski definition) is 5. The van der Waals surface area contributed by atoms with Crippen LogP contribution in [0.15, 0.2) is 40.6 Å². The largest absolute Gasteiger partial charge is 0.493 e. The third-order valence-corrected chi connectivity index (χ3v) is 4.05. The predicted molar refractivity (Wildman–Crippen MR) is 75.4 cm³/mol. The normalized spacial score (nSPS) is 10.6. The summed E-state index contributed by atoms with van der Waals surface area (Å²) in [6, 6.07) is 8.13. The van der Waals surface area contributed by atoms with Gasteiger partial charge in [0.15, 0.2) is 5.16 Å². The number of thioether (sulfide) groups is 2. The van der Waals surface area contributed by atoms with Gasteiger partial charge in [-0.15, -0.1) is 22.0 Å². The minimum Gasteiger partial charge on any atom is -0.493 e. The van der Waals surface area contributed by atoms with E-state index in [-0.39, 0.29) is 0 Å². The Labute approximate surface area is 115 Å². The zero-order valence-corrected chi connectivity index (χ0v) is 12.0. The number of aryl methyl sites for hydroxylation is 1. The number of ether oxygens (including phenoxy) is 1. The van der Waals surface area contributed by atoms with E-state index in [0.29, 0.717) is 6.61 Å². The molecule has 1 aromatic carbocycles. The van der Waals surface area contributed by atoms with Crippen molar-refractivity contribution in [2.75, 3.05) is 18.6 Å². The van der Waals surface area contributed by atoms with E-state index in [0.717, 1.165) is 16.7 Å². The highest BCUT2D eigenvalue weighted by atomic mass is 32.2. The van der Waals surface area contributed by atoms with Crippen LogP contribution in [0.5, 0.6) is 5.75 Å². The molecule has 0 atom stereocenters. The average molecular weight is 281 g/mol. The highest BCUT2D eigenvalue weighted by molar-refractivity contribution is 7.99. The maximum Gasteiger partial charge on any atom is 0.190 e. The Kier molecular flexibility index (Phi) is 4.95. The fraction of sp³-hybridized carbons (Fsp3) is 0.333. The number of hydrogen-bond donors (Lipinski definition) is 0. The molecule has 6 heteroatoms. The van der Waals surface area contributed by atoms with Gasteiger partial charge in [0.25, 0.3) is 0 Å². The smallest absolute Gasteiger partial charge is 0.190 e. The first-order valence-electron chi connectivity index (χ1n) is 5.53. The van der Waals surface area contributed by atoms with Gasteiger partial charge in [0.05, 0.1) is 6.61 Å². The van der Waals surface area contributed by atoms with E-state index in [1.165, 1.54) is 4.90 Å². The summed E-state index contributed by atoms with van der Waals surface area (Å²) < 4.78 is 7.56. The highest BCUT2D eigenvalue weighted by Crippen LogP contribution is 2.19. The number of nitrogens with zero attached hydrogens (tertiary/aromatic N) is 3. The van der Waals surface area contributed by atoms with Crippen molar-refractivity contribution in [3.05, 3.63) is 30.6 Å². The Morgan fingerprint density at radius 1 is 1.28 bits per heavy atom. The molecule has 0 spiro atoms. The first kappa shape index (κ1) is 13.3. The molecule has 0 saturated carbocycles. The molecule has 0 saturated heterocycles. The van der Waals surface area contributed by atoms with Crippen LogP contribution in [0, 0.1) is 0 Å². The van der Waals surface area contributed by atoms with E-state index in [1.54, 1.807) is 29.9 Å². The predicted octanol–water partition coefficient (Wildman–Crippen LogP) is 2.71. The number of benzene rings is 1. The molecule has 0 radical (unpaired) electrons. The van der Waals surface area contributed by atoms with E-state index < -0.39 is 0 Å².